The Labute approximate surface area is 126 Å². The normalized spacial score (nSPS) is 13.5. The van der Waals surface area contributed by atoms with Crippen LogP contribution in [0.1, 0.15) is 45.2 Å². The topological polar surface area (TPSA) is 70.6 Å². The van der Waals surface area contributed by atoms with E-state index in [-0.39, 0.29) is 23.7 Å². The first-order chi connectivity index (χ1) is 9.97. The minimum absolute atomic E-state index is 0.0623. The van der Waals surface area contributed by atoms with Crippen molar-refractivity contribution in [3.05, 3.63) is 23.8 Å². The lowest BCUT2D eigenvalue weighted by atomic mass is 10.1. The molecule has 118 valence electrons. The lowest BCUT2D eigenvalue weighted by Gasteiger charge is -2.16. The quantitative estimate of drug-likeness (QED) is 0.688. The number of carbonyl (C=O) groups is 1. The van der Waals surface area contributed by atoms with Gasteiger partial charge in [0.2, 0.25) is 5.91 Å². The first-order valence-electron chi connectivity index (χ1n) is 7.37. The highest BCUT2D eigenvalue weighted by Gasteiger charge is 2.10. The third-order valence-corrected chi connectivity index (χ3v) is 3.53. The highest BCUT2D eigenvalue weighted by molar-refractivity contribution is 5.76. The SMILES string of the molecule is CCC(C)NC(=O)CCNC(C)c1ccc(O)c(OC)c1. The van der Waals surface area contributed by atoms with Gasteiger partial charge in [0, 0.05) is 25.0 Å². The van der Waals surface area contributed by atoms with Gasteiger partial charge < -0.3 is 20.5 Å². The maximum absolute atomic E-state index is 11.7. The van der Waals surface area contributed by atoms with Gasteiger partial charge in [-0.2, -0.15) is 0 Å². The van der Waals surface area contributed by atoms with Crippen molar-refractivity contribution in [1.82, 2.24) is 10.6 Å². The summed E-state index contributed by atoms with van der Waals surface area (Å²) in [5.74, 6) is 0.643. The van der Waals surface area contributed by atoms with Crippen molar-refractivity contribution in [2.24, 2.45) is 0 Å². The van der Waals surface area contributed by atoms with Gasteiger partial charge in [0.05, 0.1) is 7.11 Å². The zero-order valence-corrected chi connectivity index (χ0v) is 13.3. The van der Waals surface area contributed by atoms with Crippen LogP contribution in [0.3, 0.4) is 0 Å². The van der Waals surface area contributed by atoms with E-state index in [1.807, 2.05) is 26.8 Å². The molecule has 5 nitrogen and oxygen atoms in total. The van der Waals surface area contributed by atoms with Crippen LogP contribution in [0.15, 0.2) is 18.2 Å². The van der Waals surface area contributed by atoms with Crippen LogP contribution in [-0.4, -0.2) is 30.7 Å². The molecule has 2 unspecified atom stereocenters. The number of phenols is 1. The van der Waals surface area contributed by atoms with Crippen LogP contribution in [0.25, 0.3) is 0 Å². The number of rotatable bonds is 8. The Kier molecular flexibility index (Phi) is 7.02. The van der Waals surface area contributed by atoms with Crippen LogP contribution in [0.4, 0.5) is 0 Å². The van der Waals surface area contributed by atoms with Crippen molar-refractivity contribution in [1.29, 1.82) is 0 Å². The molecule has 1 aromatic carbocycles. The number of hydrogen-bond donors (Lipinski definition) is 3. The van der Waals surface area contributed by atoms with Crippen LogP contribution in [-0.2, 0) is 4.79 Å². The molecule has 0 aliphatic heterocycles. The van der Waals surface area contributed by atoms with Crippen LogP contribution < -0.4 is 15.4 Å². The minimum Gasteiger partial charge on any atom is -0.504 e. The highest BCUT2D eigenvalue weighted by Crippen LogP contribution is 2.28. The van der Waals surface area contributed by atoms with E-state index in [9.17, 15) is 9.90 Å². The van der Waals surface area contributed by atoms with Gasteiger partial charge in [-0.05, 0) is 38.0 Å². The Morgan fingerprint density at radius 2 is 2.10 bits per heavy atom. The number of hydrogen-bond acceptors (Lipinski definition) is 4. The number of nitrogens with one attached hydrogen (secondary N) is 2. The van der Waals surface area contributed by atoms with Gasteiger partial charge in [0.1, 0.15) is 0 Å². The number of amides is 1. The van der Waals surface area contributed by atoms with Crippen molar-refractivity contribution in [3.8, 4) is 11.5 Å². The summed E-state index contributed by atoms with van der Waals surface area (Å²) in [5, 5.41) is 15.8. The van der Waals surface area contributed by atoms with Crippen molar-refractivity contribution < 1.29 is 14.6 Å². The monoisotopic (exact) mass is 294 g/mol. The Hall–Kier alpha value is -1.75. The predicted octanol–water partition coefficient (Wildman–Crippen LogP) is 2.36. The molecule has 1 aromatic rings. The van der Waals surface area contributed by atoms with Crippen molar-refractivity contribution in [2.45, 2.75) is 45.7 Å². The second-order valence-electron chi connectivity index (χ2n) is 5.23. The first-order valence-corrected chi connectivity index (χ1v) is 7.37. The molecule has 0 aromatic heterocycles. The lowest BCUT2D eigenvalue weighted by Crippen LogP contribution is -2.34. The molecule has 0 spiro atoms. The Bertz CT molecular complexity index is 463. The van der Waals surface area contributed by atoms with E-state index in [0.29, 0.717) is 18.7 Å². The number of aromatic hydroxyl groups is 1. The summed E-state index contributed by atoms with van der Waals surface area (Å²) < 4.78 is 5.09. The summed E-state index contributed by atoms with van der Waals surface area (Å²) in [6, 6.07) is 5.55. The molecular weight excluding hydrogens is 268 g/mol. The molecule has 0 saturated carbocycles. The Morgan fingerprint density at radius 3 is 2.71 bits per heavy atom. The van der Waals surface area contributed by atoms with Gasteiger partial charge in [0.25, 0.3) is 0 Å². The molecule has 0 heterocycles. The smallest absolute Gasteiger partial charge is 0.221 e. The third kappa shape index (κ3) is 5.63. The molecular formula is C16H26N2O3. The predicted molar refractivity (Wildman–Crippen MR) is 83.6 cm³/mol. The molecule has 21 heavy (non-hydrogen) atoms. The fourth-order valence-electron chi connectivity index (χ4n) is 1.93. The fourth-order valence-corrected chi connectivity index (χ4v) is 1.93. The van der Waals surface area contributed by atoms with Crippen LogP contribution >= 0.6 is 0 Å². The molecule has 0 saturated heterocycles. The zero-order valence-electron chi connectivity index (χ0n) is 13.3. The van der Waals surface area contributed by atoms with E-state index in [4.69, 9.17) is 4.74 Å². The summed E-state index contributed by atoms with van der Waals surface area (Å²) in [6.45, 7) is 6.66. The third-order valence-electron chi connectivity index (χ3n) is 3.53. The fraction of sp³-hybridized carbons (Fsp3) is 0.562. The van der Waals surface area contributed by atoms with E-state index < -0.39 is 0 Å². The summed E-state index contributed by atoms with van der Waals surface area (Å²) in [7, 11) is 1.52. The number of methoxy groups -OCH3 is 1. The summed E-state index contributed by atoms with van der Waals surface area (Å²) >= 11 is 0. The average Bonchev–Trinajstić information content (AvgIpc) is 2.47. The number of phenolic OH excluding ortho intramolecular Hbond substituents is 1. The van der Waals surface area contributed by atoms with Crippen molar-refractivity contribution >= 4 is 5.91 Å². The molecule has 1 amide bonds. The molecule has 0 fully saturated rings. The summed E-state index contributed by atoms with van der Waals surface area (Å²) in [6.07, 6.45) is 1.38. The van der Waals surface area contributed by atoms with Gasteiger partial charge in [-0.15, -0.1) is 0 Å². The van der Waals surface area contributed by atoms with Crippen molar-refractivity contribution in [3.63, 3.8) is 0 Å². The van der Waals surface area contributed by atoms with Crippen LogP contribution in [0.2, 0.25) is 0 Å². The number of carbonyl (C=O) groups excluding carboxylic acids is 1. The van der Waals surface area contributed by atoms with E-state index in [1.165, 1.54) is 7.11 Å². The molecule has 0 aliphatic carbocycles. The molecule has 3 N–H and O–H groups in total. The second-order valence-corrected chi connectivity index (χ2v) is 5.23. The average molecular weight is 294 g/mol. The Balaban J connectivity index is 2.43. The molecule has 1 rings (SSSR count). The molecule has 0 radical (unpaired) electrons. The second kappa shape index (κ2) is 8.52. The zero-order chi connectivity index (χ0) is 15.8. The largest absolute Gasteiger partial charge is 0.504 e. The standard InChI is InChI=1S/C16H26N2O3/c1-5-11(2)18-16(20)8-9-17-12(3)13-6-7-14(19)15(10-13)21-4/h6-7,10-12,17,19H,5,8-9H2,1-4H3,(H,18,20). The van der Waals surface area contributed by atoms with E-state index in [1.54, 1.807) is 12.1 Å². The summed E-state index contributed by atoms with van der Waals surface area (Å²) in [5.41, 5.74) is 1.01. The van der Waals surface area contributed by atoms with Gasteiger partial charge in [-0.3, -0.25) is 4.79 Å². The van der Waals surface area contributed by atoms with E-state index in [2.05, 4.69) is 10.6 Å². The van der Waals surface area contributed by atoms with Gasteiger partial charge in [0.15, 0.2) is 11.5 Å². The van der Waals surface area contributed by atoms with E-state index >= 15 is 0 Å². The first kappa shape index (κ1) is 17.3. The van der Waals surface area contributed by atoms with Crippen molar-refractivity contribution in [2.75, 3.05) is 13.7 Å². The lowest BCUT2D eigenvalue weighted by molar-refractivity contribution is -0.121. The van der Waals surface area contributed by atoms with Crippen LogP contribution in [0.5, 0.6) is 11.5 Å². The molecule has 2 atom stereocenters. The number of ether oxygens (including phenoxy) is 1. The number of benzene rings is 1. The van der Waals surface area contributed by atoms with E-state index in [0.717, 1.165) is 12.0 Å². The molecule has 5 heteroatoms. The van der Waals surface area contributed by atoms with Gasteiger partial charge in [-0.1, -0.05) is 13.0 Å². The minimum atomic E-state index is 0.0623. The maximum Gasteiger partial charge on any atom is 0.221 e. The maximum atomic E-state index is 11.7. The summed E-state index contributed by atoms with van der Waals surface area (Å²) in [4.78, 5) is 11.7. The highest BCUT2D eigenvalue weighted by atomic mass is 16.5. The molecule has 0 aliphatic rings. The van der Waals surface area contributed by atoms with Gasteiger partial charge >= 0.3 is 0 Å². The van der Waals surface area contributed by atoms with Gasteiger partial charge in [-0.25, -0.2) is 0 Å². The Morgan fingerprint density at radius 1 is 1.38 bits per heavy atom. The molecule has 0 bridgehead atoms. The van der Waals surface area contributed by atoms with Crippen LogP contribution in [0, 0.1) is 0 Å².